The smallest absolute Gasteiger partial charge is 0.272 e. The molecule has 0 amide bonds. The zero-order chi connectivity index (χ0) is 26.3. The molecular formula is C23H23ClF3N3O5S. The molecule has 194 valence electrons. The molecule has 4 heterocycles. The number of nitrogens with zero attached hydrogens (tertiary/aromatic N) is 3. The highest BCUT2D eigenvalue weighted by Crippen LogP contribution is 2.37. The van der Waals surface area contributed by atoms with E-state index in [2.05, 4.69) is 9.97 Å². The number of hydrogen-bond donors (Lipinski definition) is 0. The molecule has 4 rings (SSSR count). The molecule has 1 fully saturated rings. The Morgan fingerprint density at radius 1 is 1.25 bits per heavy atom. The zero-order valence-corrected chi connectivity index (χ0v) is 21.0. The van der Waals surface area contributed by atoms with Crippen LogP contribution in [-0.2, 0) is 9.84 Å². The maximum Gasteiger partial charge on any atom is 0.272 e. The van der Waals surface area contributed by atoms with E-state index in [1.165, 1.54) is 22.9 Å². The van der Waals surface area contributed by atoms with Gasteiger partial charge in [-0.2, -0.15) is 0 Å². The fourth-order valence-electron chi connectivity index (χ4n) is 3.98. The van der Waals surface area contributed by atoms with Crippen molar-refractivity contribution in [2.75, 3.05) is 18.1 Å². The Bertz CT molecular complexity index is 1410. The van der Waals surface area contributed by atoms with E-state index in [4.69, 9.17) is 21.1 Å². The van der Waals surface area contributed by atoms with E-state index in [0.29, 0.717) is 18.5 Å². The molecule has 0 unspecified atom stereocenters. The Balaban J connectivity index is 1.60. The second-order valence-corrected chi connectivity index (χ2v) is 11.8. The first-order valence-electron chi connectivity index (χ1n) is 11.0. The van der Waals surface area contributed by atoms with Crippen molar-refractivity contribution in [1.82, 2.24) is 14.4 Å². The average molecular weight is 546 g/mol. The topological polar surface area (TPSA) is 99.9 Å². The molecule has 0 saturated carbocycles. The molecule has 1 saturated heterocycles. The van der Waals surface area contributed by atoms with Crippen molar-refractivity contribution in [3.63, 3.8) is 0 Å². The van der Waals surface area contributed by atoms with Gasteiger partial charge < -0.3 is 9.47 Å². The number of sulfone groups is 1. The molecule has 13 heteroatoms. The summed E-state index contributed by atoms with van der Waals surface area (Å²) >= 11 is 5.88. The van der Waals surface area contributed by atoms with E-state index in [9.17, 15) is 26.4 Å². The van der Waals surface area contributed by atoms with Crippen molar-refractivity contribution in [1.29, 1.82) is 0 Å². The third kappa shape index (κ3) is 5.75. The molecule has 0 atom stereocenters. The summed E-state index contributed by atoms with van der Waals surface area (Å²) in [5.41, 5.74) is -0.189. The van der Waals surface area contributed by atoms with Crippen molar-refractivity contribution in [2.24, 2.45) is 5.41 Å². The number of fused-ring (bicyclic) bond motifs is 1. The molecule has 0 N–H and O–H groups in total. The standard InChI is InChI=1S/C23H23ClF3N3O5S/c1-13-18(35-22-19(34-12-20(26)27)7-14(24)10-28-22)8-15(25)21-29-16(11-30(13)21)17(31)9-23(2)3-5-36(32,33)6-4-23/h7-8,10-11,20H,3-6,9,12H2,1-2H3. The van der Waals surface area contributed by atoms with Gasteiger partial charge in [0.1, 0.15) is 22.1 Å². The lowest BCUT2D eigenvalue weighted by Crippen LogP contribution is -2.33. The van der Waals surface area contributed by atoms with E-state index >= 15 is 0 Å². The largest absolute Gasteiger partial charge is 0.482 e. The first-order chi connectivity index (χ1) is 16.9. The second kappa shape index (κ2) is 9.89. The van der Waals surface area contributed by atoms with E-state index < -0.39 is 34.1 Å². The van der Waals surface area contributed by atoms with Gasteiger partial charge in [-0.25, -0.2) is 31.6 Å². The van der Waals surface area contributed by atoms with E-state index in [0.717, 1.165) is 6.07 Å². The predicted octanol–water partition coefficient (Wildman–Crippen LogP) is 5.05. The zero-order valence-electron chi connectivity index (χ0n) is 19.4. The molecule has 0 spiro atoms. The highest BCUT2D eigenvalue weighted by atomic mass is 35.5. The number of imidazole rings is 1. The fourth-order valence-corrected chi connectivity index (χ4v) is 5.94. The summed E-state index contributed by atoms with van der Waals surface area (Å²) < 4.78 is 75.7. The number of pyridine rings is 2. The molecule has 0 bridgehead atoms. The number of halogens is 4. The molecule has 36 heavy (non-hydrogen) atoms. The van der Waals surface area contributed by atoms with Gasteiger partial charge >= 0.3 is 0 Å². The predicted molar refractivity (Wildman–Crippen MR) is 126 cm³/mol. The lowest BCUT2D eigenvalue weighted by molar-refractivity contribution is 0.0804. The van der Waals surface area contributed by atoms with Crippen LogP contribution in [0, 0.1) is 18.2 Å². The van der Waals surface area contributed by atoms with Crippen LogP contribution in [0.3, 0.4) is 0 Å². The normalized spacial score (nSPS) is 16.9. The van der Waals surface area contributed by atoms with E-state index in [1.807, 2.05) is 6.92 Å². The Hall–Kier alpha value is -2.86. The number of carbonyl (C=O) groups is 1. The van der Waals surface area contributed by atoms with Crippen LogP contribution in [0.15, 0.2) is 24.5 Å². The van der Waals surface area contributed by atoms with Gasteiger partial charge in [-0.15, -0.1) is 0 Å². The number of aryl methyl sites for hydroxylation is 1. The third-order valence-corrected chi connectivity index (χ3v) is 8.02. The number of ether oxygens (including phenoxy) is 2. The number of ketones is 1. The van der Waals surface area contributed by atoms with E-state index in [1.54, 1.807) is 6.92 Å². The summed E-state index contributed by atoms with van der Waals surface area (Å²) in [4.78, 5) is 21.1. The molecule has 3 aromatic heterocycles. The summed E-state index contributed by atoms with van der Waals surface area (Å²) in [5, 5.41) is 0.131. The van der Waals surface area contributed by atoms with Crippen LogP contribution < -0.4 is 9.47 Å². The number of alkyl halides is 2. The highest BCUT2D eigenvalue weighted by Gasteiger charge is 2.35. The average Bonchev–Trinajstić information content (AvgIpc) is 3.26. The number of hydrogen-bond acceptors (Lipinski definition) is 7. The van der Waals surface area contributed by atoms with Crippen LogP contribution in [0.2, 0.25) is 5.02 Å². The van der Waals surface area contributed by atoms with Crippen molar-refractivity contribution in [3.8, 4) is 17.4 Å². The minimum atomic E-state index is -3.08. The second-order valence-electron chi connectivity index (χ2n) is 9.09. The number of aromatic nitrogens is 3. The molecule has 8 nitrogen and oxygen atoms in total. The maximum atomic E-state index is 14.9. The first kappa shape index (κ1) is 26.2. The summed E-state index contributed by atoms with van der Waals surface area (Å²) in [6.45, 7) is 2.54. The van der Waals surface area contributed by atoms with Crippen LogP contribution in [-0.4, -0.2) is 53.1 Å². The van der Waals surface area contributed by atoms with Gasteiger partial charge in [0.15, 0.2) is 28.7 Å². The van der Waals surface area contributed by atoms with Gasteiger partial charge in [-0.05, 0) is 25.2 Å². The van der Waals surface area contributed by atoms with Crippen molar-refractivity contribution in [3.05, 3.63) is 46.8 Å². The number of Topliss-reactive ketones (excluding diaryl/α,β-unsaturated/α-hetero) is 1. The van der Waals surface area contributed by atoms with Gasteiger partial charge in [-0.3, -0.25) is 9.20 Å². The summed E-state index contributed by atoms with van der Waals surface area (Å²) in [6.07, 6.45) is 0.676. The molecule has 0 radical (unpaired) electrons. The minimum absolute atomic E-state index is 0.00225. The van der Waals surface area contributed by atoms with Crippen LogP contribution in [0.1, 0.15) is 42.4 Å². The Morgan fingerprint density at radius 3 is 2.61 bits per heavy atom. The SMILES string of the molecule is Cc1c(Oc2ncc(Cl)cc2OCC(F)F)cc(F)c2nc(C(=O)CC3(C)CCS(=O)(=O)CC3)cn12. The molecule has 0 aromatic carbocycles. The minimum Gasteiger partial charge on any atom is -0.482 e. The number of carbonyl (C=O) groups excluding carboxylic acids is 1. The molecule has 3 aromatic rings. The van der Waals surface area contributed by atoms with E-state index in [-0.39, 0.29) is 57.5 Å². The Labute approximate surface area is 210 Å². The van der Waals surface area contributed by atoms with Crippen molar-refractivity contribution < 1.29 is 35.9 Å². The Morgan fingerprint density at radius 2 is 1.94 bits per heavy atom. The van der Waals surface area contributed by atoms with Gasteiger partial charge in [-0.1, -0.05) is 18.5 Å². The highest BCUT2D eigenvalue weighted by molar-refractivity contribution is 7.91. The van der Waals surface area contributed by atoms with Crippen LogP contribution in [0.5, 0.6) is 17.4 Å². The van der Waals surface area contributed by atoms with Crippen molar-refractivity contribution >= 4 is 32.9 Å². The lowest BCUT2D eigenvalue weighted by atomic mass is 9.79. The quantitative estimate of drug-likeness (QED) is 0.365. The fraction of sp³-hybridized carbons (Fsp3) is 0.435. The van der Waals surface area contributed by atoms with Gasteiger partial charge in [0, 0.05) is 30.9 Å². The van der Waals surface area contributed by atoms with Gasteiger partial charge in [0.05, 0.1) is 22.2 Å². The summed E-state index contributed by atoms with van der Waals surface area (Å²) in [7, 11) is -3.08. The molecular weight excluding hydrogens is 523 g/mol. The molecule has 0 aliphatic carbocycles. The van der Waals surface area contributed by atoms with Crippen LogP contribution >= 0.6 is 11.6 Å². The third-order valence-electron chi connectivity index (χ3n) is 6.16. The summed E-state index contributed by atoms with van der Waals surface area (Å²) in [6, 6.07) is 2.30. The van der Waals surface area contributed by atoms with Crippen molar-refractivity contribution in [2.45, 2.75) is 39.5 Å². The monoisotopic (exact) mass is 545 g/mol. The van der Waals surface area contributed by atoms with Gasteiger partial charge in [0.2, 0.25) is 0 Å². The van der Waals surface area contributed by atoms with Crippen LogP contribution in [0.4, 0.5) is 13.2 Å². The maximum absolute atomic E-state index is 14.9. The van der Waals surface area contributed by atoms with Crippen LogP contribution in [0.25, 0.3) is 5.65 Å². The summed E-state index contributed by atoms with van der Waals surface area (Å²) in [5.74, 6) is -1.41. The molecule has 1 aliphatic heterocycles. The Kier molecular flexibility index (Phi) is 7.20. The molecule has 1 aliphatic rings. The van der Waals surface area contributed by atoms with Gasteiger partial charge in [0.25, 0.3) is 12.3 Å². The number of rotatable bonds is 8. The first-order valence-corrected chi connectivity index (χ1v) is 13.2. The lowest BCUT2D eigenvalue weighted by Gasteiger charge is -2.32.